The van der Waals surface area contributed by atoms with Crippen LogP contribution in [-0.4, -0.2) is 25.5 Å². The summed E-state index contributed by atoms with van der Waals surface area (Å²) in [5.74, 6) is 1.51. The van der Waals surface area contributed by atoms with Gasteiger partial charge in [-0.2, -0.15) is 0 Å². The Morgan fingerprint density at radius 2 is 2.08 bits per heavy atom. The van der Waals surface area contributed by atoms with Gasteiger partial charge in [0.25, 0.3) is 0 Å². The molecule has 25 heavy (non-hydrogen) atoms. The number of amides is 2. The number of para-hydroxylation sites is 2. The Morgan fingerprint density at radius 1 is 1.32 bits per heavy atom. The van der Waals surface area contributed by atoms with E-state index in [4.69, 9.17) is 9.15 Å². The van der Waals surface area contributed by atoms with Crippen molar-refractivity contribution in [1.29, 1.82) is 0 Å². The lowest BCUT2D eigenvalue weighted by Crippen LogP contribution is -2.34. The maximum atomic E-state index is 12.5. The summed E-state index contributed by atoms with van der Waals surface area (Å²) in [5, 5.41) is 2.93. The zero-order chi connectivity index (χ0) is 18.0. The Morgan fingerprint density at radius 3 is 2.76 bits per heavy atom. The van der Waals surface area contributed by atoms with Gasteiger partial charge in [-0.1, -0.05) is 12.1 Å². The first-order chi connectivity index (χ1) is 12.0. The van der Waals surface area contributed by atoms with Gasteiger partial charge in [-0.15, -0.1) is 0 Å². The molecule has 0 bridgehead atoms. The number of hydrogen-bond acceptors (Lipinski definition) is 4. The average Bonchev–Trinajstić information content (AvgIpc) is 3.20. The first kappa shape index (κ1) is 17.1. The van der Waals surface area contributed by atoms with Gasteiger partial charge in [-0.25, -0.2) is 0 Å². The van der Waals surface area contributed by atoms with Gasteiger partial charge in [0.05, 0.1) is 24.8 Å². The van der Waals surface area contributed by atoms with Crippen LogP contribution in [0.3, 0.4) is 0 Å². The number of benzene rings is 1. The van der Waals surface area contributed by atoms with Gasteiger partial charge in [-0.3, -0.25) is 9.59 Å². The van der Waals surface area contributed by atoms with E-state index in [2.05, 4.69) is 5.32 Å². The Hall–Kier alpha value is -2.76. The molecule has 2 unspecified atom stereocenters. The summed E-state index contributed by atoms with van der Waals surface area (Å²) in [6, 6.07) is 10.8. The van der Waals surface area contributed by atoms with E-state index in [1.54, 1.807) is 18.1 Å². The minimum Gasteiger partial charge on any atom is -0.495 e. The molecule has 1 aliphatic heterocycles. The standard InChI is InChI=1S/C19H22N2O4/c1-12-8-9-16(25-12)13(2)20-19(23)14-10-18(22)21(11-14)15-6-4-5-7-17(15)24-3/h4-9,13-14H,10-11H2,1-3H3,(H,20,23). The summed E-state index contributed by atoms with van der Waals surface area (Å²) in [6.07, 6.45) is 0.188. The number of hydrogen-bond donors (Lipinski definition) is 1. The second-order valence-electron chi connectivity index (χ2n) is 6.26. The van der Waals surface area contributed by atoms with Crippen molar-refractivity contribution in [2.75, 3.05) is 18.6 Å². The molecule has 2 amide bonds. The van der Waals surface area contributed by atoms with E-state index in [-0.39, 0.29) is 24.3 Å². The maximum Gasteiger partial charge on any atom is 0.227 e. The molecule has 6 nitrogen and oxygen atoms in total. The molecule has 1 saturated heterocycles. The number of methoxy groups -OCH3 is 1. The van der Waals surface area contributed by atoms with Crippen LogP contribution in [0, 0.1) is 12.8 Å². The fourth-order valence-electron chi connectivity index (χ4n) is 3.06. The summed E-state index contributed by atoms with van der Waals surface area (Å²) in [4.78, 5) is 26.6. The highest BCUT2D eigenvalue weighted by Gasteiger charge is 2.36. The van der Waals surface area contributed by atoms with Gasteiger partial charge in [0.15, 0.2) is 0 Å². The molecule has 0 aliphatic carbocycles. The van der Waals surface area contributed by atoms with Crippen LogP contribution in [0.4, 0.5) is 5.69 Å². The molecule has 3 rings (SSSR count). The van der Waals surface area contributed by atoms with Crippen molar-refractivity contribution < 1.29 is 18.7 Å². The molecule has 0 radical (unpaired) electrons. The van der Waals surface area contributed by atoms with Crippen LogP contribution >= 0.6 is 0 Å². The molecule has 1 N–H and O–H groups in total. The first-order valence-corrected chi connectivity index (χ1v) is 8.29. The summed E-state index contributed by atoms with van der Waals surface area (Å²) < 4.78 is 10.9. The first-order valence-electron chi connectivity index (χ1n) is 8.29. The van der Waals surface area contributed by atoms with Gasteiger partial charge < -0.3 is 19.4 Å². The monoisotopic (exact) mass is 342 g/mol. The Labute approximate surface area is 146 Å². The van der Waals surface area contributed by atoms with Crippen LogP contribution in [0.15, 0.2) is 40.8 Å². The van der Waals surface area contributed by atoms with Gasteiger partial charge in [0, 0.05) is 13.0 Å². The number of aryl methyl sites for hydroxylation is 1. The smallest absolute Gasteiger partial charge is 0.227 e. The van der Waals surface area contributed by atoms with Gasteiger partial charge in [0.1, 0.15) is 17.3 Å². The SMILES string of the molecule is COc1ccccc1N1CC(C(=O)NC(C)c2ccc(C)o2)CC1=O. The van der Waals surface area contributed by atoms with Crippen molar-refractivity contribution in [3.05, 3.63) is 47.9 Å². The van der Waals surface area contributed by atoms with Gasteiger partial charge >= 0.3 is 0 Å². The third-order valence-corrected chi connectivity index (χ3v) is 4.42. The van der Waals surface area contributed by atoms with E-state index in [1.165, 1.54) is 0 Å². The second kappa shape index (κ2) is 7.01. The molecule has 2 atom stereocenters. The van der Waals surface area contributed by atoms with Crippen LogP contribution in [0.2, 0.25) is 0 Å². The molecule has 6 heteroatoms. The molecule has 1 fully saturated rings. The maximum absolute atomic E-state index is 12.5. The Balaban J connectivity index is 1.68. The number of carbonyl (C=O) groups excluding carboxylic acids is 2. The predicted octanol–water partition coefficient (Wildman–Crippen LogP) is 2.83. The summed E-state index contributed by atoms with van der Waals surface area (Å²) in [6.45, 7) is 4.07. The van der Waals surface area contributed by atoms with Crippen molar-refractivity contribution in [3.63, 3.8) is 0 Å². The van der Waals surface area contributed by atoms with E-state index >= 15 is 0 Å². The lowest BCUT2D eigenvalue weighted by atomic mass is 10.1. The van der Waals surface area contributed by atoms with E-state index < -0.39 is 5.92 Å². The highest BCUT2D eigenvalue weighted by Crippen LogP contribution is 2.33. The largest absolute Gasteiger partial charge is 0.495 e. The second-order valence-corrected chi connectivity index (χ2v) is 6.26. The quantitative estimate of drug-likeness (QED) is 0.907. The molecule has 132 valence electrons. The molecule has 1 aliphatic rings. The van der Waals surface area contributed by atoms with Gasteiger partial charge in [-0.05, 0) is 38.1 Å². The third kappa shape index (κ3) is 3.52. The van der Waals surface area contributed by atoms with Crippen LogP contribution in [-0.2, 0) is 9.59 Å². The fraction of sp³-hybridized carbons (Fsp3) is 0.368. The zero-order valence-corrected chi connectivity index (χ0v) is 14.6. The molecule has 1 aromatic heterocycles. The van der Waals surface area contributed by atoms with E-state index in [1.807, 2.05) is 44.2 Å². The molecule has 0 saturated carbocycles. The lowest BCUT2D eigenvalue weighted by molar-refractivity contribution is -0.127. The third-order valence-electron chi connectivity index (χ3n) is 4.42. The zero-order valence-electron chi connectivity index (χ0n) is 14.6. The summed E-state index contributed by atoms with van der Waals surface area (Å²) in [7, 11) is 1.57. The average molecular weight is 342 g/mol. The molecule has 2 aromatic rings. The minimum atomic E-state index is -0.393. The number of furan rings is 1. The molecule has 0 spiro atoms. The van der Waals surface area contributed by atoms with Crippen molar-refractivity contribution in [1.82, 2.24) is 5.32 Å². The van der Waals surface area contributed by atoms with Crippen molar-refractivity contribution >= 4 is 17.5 Å². The summed E-state index contributed by atoms with van der Waals surface area (Å²) in [5.41, 5.74) is 0.694. The molecule has 1 aromatic carbocycles. The normalized spacial score (nSPS) is 18.3. The summed E-state index contributed by atoms with van der Waals surface area (Å²) >= 11 is 0. The number of nitrogens with zero attached hydrogens (tertiary/aromatic N) is 1. The van der Waals surface area contributed by atoms with Crippen LogP contribution in [0.5, 0.6) is 5.75 Å². The number of anilines is 1. The van der Waals surface area contributed by atoms with Crippen LogP contribution in [0.1, 0.15) is 30.9 Å². The lowest BCUT2D eigenvalue weighted by Gasteiger charge is -2.20. The number of carbonyl (C=O) groups is 2. The molecular formula is C19H22N2O4. The molecular weight excluding hydrogens is 320 g/mol. The van der Waals surface area contributed by atoms with E-state index in [0.717, 1.165) is 5.76 Å². The topological polar surface area (TPSA) is 71.8 Å². The number of rotatable bonds is 5. The highest BCUT2D eigenvalue weighted by molar-refractivity contribution is 6.01. The van der Waals surface area contributed by atoms with Crippen LogP contribution in [0.25, 0.3) is 0 Å². The van der Waals surface area contributed by atoms with Crippen molar-refractivity contribution in [3.8, 4) is 5.75 Å². The molecule has 2 heterocycles. The van der Waals surface area contributed by atoms with E-state index in [9.17, 15) is 9.59 Å². The number of nitrogens with one attached hydrogen (secondary N) is 1. The van der Waals surface area contributed by atoms with Crippen LogP contribution < -0.4 is 15.0 Å². The Kier molecular flexibility index (Phi) is 4.79. The van der Waals surface area contributed by atoms with Crippen molar-refractivity contribution in [2.45, 2.75) is 26.3 Å². The number of ether oxygens (including phenoxy) is 1. The van der Waals surface area contributed by atoms with Gasteiger partial charge in [0.2, 0.25) is 11.8 Å². The Bertz CT molecular complexity index is 783. The highest BCUT2D eigenvalue weighted by atomic mass is 16.5. The van der Waals surface area contributed by atoms with Crippen molar-refractivity contribution in [2.24, 2.45) is 5.92 Å². The van der Waals surface area contributed by atoms with E-state index in [0.29, 0.717) is 23.7 Å². The fourth-order valence-corrected chi connectivity index (χ4v) is 3.06. The minimum absolute atomic E-state index is 0.0776. The predicted molar refractivity (Wildman–Crippen MR) is 93.5 cm³/mol.